The number of aryl methyl sites for hydroxylation is 1. The summed E-state index contributed by atoms with van der Waals surface area (Å²) in [5.41, 5.74) is 10.5. The lowest BCUT2D eigenvalue weighted by Crippen LogP contribution is -2.08. The molecule has 1 heterocycles. The van der Waals surface area contributed by atoms with Crippen molar-refractivity contribution in [2.45, 2.75) is 12.8 Å². The first-order chi connectivity index (χ1) is 5.74. The van der Waals surface area contributed by atoms with E-state index in [4.69, 9.17) is 11.5 Å². The number of hydrogen-bond donors (Lipinski definition) is 2. The molecule has 66 valence electrons. The highest BCUT2D eigenvalue weighted by Crippen LogP contribution is 2.16. The maximum atomic E-state index is 10.7. The van der Waals surface area contributed by atoms with Gasteiger partial charge in [0.1, 0.15) is 0 Å². The van der Waals surface area contributed by atoms with Crippen LogP contribution in [0.25, 0.3) is 0 Å². The Morgan fingerprint density at radius 3 is 2.75 bits per heavy atom. The Kier molecular flexibility index (Phi) is 3.25. The monoisotopic (exact) mass is 184 g/mol. The molecule has 1 aromatic rings. The molecule has 0 saturated heterocycles. The summed E-state index contributed by atoms with van der Waals surface area (Å²) in [5.74, 6) is -0.348. The van der Waals surface area contributed by atoms with Gasteiger partial charge in [-0.15, -0.1) is 11.3 Å². The van der Waals surface area contributed by atoms with E-state index in [0.29, 0.717) is 11.4 Å². The molecule has 0 atom stereocenters. The van der Waals surface area contributed by atoms with Crippen molar-refractivity contribution in [3.8, 4) is 0 Å². The summed E-state index contributed by atoms with van der Waals surface area (Å²) in [7, 11) is 0. The van der Waals surface area contributed by atoms with Crippen LogP contribution in [0.2, 0.25) is 0 Å². The summed E-state index contributed by atoms with van der Waals surface area (Å²) in [5, 5.41) is 0. The number of hydrogen-bond acceptors (Lipinski definition) is 3. The molecule has 1 amide bonds. The Morgan fingerprint density at radius 1 is 1.50 bits per heavy atom. The number of amides is 1. The van der Waals surface area contributed by atoms with Gasteiger partial charge >= 0.3 is 0 Å². The second kappa shape index (κ2) is 4.23. The highest BCUT2D eigenvalue weighted by Gasteiger charge is 2.03. The smallest absolute Gasteiger partial charge is 0.258 e. The summed E-state index contributed by atoms with van der Waals surface area (Å²) in [4.78, 5) is 12.5. The standard InChI is InChI=1S/C8H12N2OS/c9-5-1-2-6-3-4-7(12-6)8(10)11/h3-4H,1-2,5,9H2,(H2,10,11). The maximum absolute atomic E-state index is 10.7. The van der Waals surface area contributed by atoms with Crippen LogP contribution < -0.4 is 11.5 Å². The molecule has 4 N–H and O–H groups in total. The van der Waals surface area contributed by atoms with Gasteiger partial charge in [-0.3, -0.25) is 4.79 Å². The van der Waals surface area contributed by atoms with E-state index in [2.05, 4.69) is 0 Å². The number of carbonyl (C=O) groups is 1. The Morgan fingerprint density at radius 2 is 2.25 bits per heavy atom. The Balaban J connectivity index is 2.58. The number of nitrogens with two attached hydrogens (primary N) is 2. The quantitative estimate of drug-likeness (QED) is 0.724. The van der Waals surface area contributed by atoms with Gasteiger partial charge in [-0.2, -0.15) is 0 Å². The van der Waals surface area contributed by atoms with Crippen molar-refractivity contribution in [2.24, 2.45) is 11.5 Å². The highest BCUT2D eigenvalue weighted by atomic mass is 32.1. The average Bonchev–Trinajstić information content (AvgIpc) is 2.48. The van der Waals surface area contributed by atoms with Crippen molar-refractivity contribution in [1.29, 1.82) is 0 Å². The van der Waals surface area contributed by atoms with E-state index in [1.807, 2.05) is 6.07 Å². The van der Waals surface area contributed by atoms with E-state index in [1.54, 1.807) is 6.07 Å². The normalized spacial score (nSPS) is 10.1. The number of thiophene rings is 1. The zero-order valence-corrected chi connectivity index (χ0v) is 7.56. The molecule has 0 spiro atoms. The van der Waals surface area contributed by atoms with Gasteiger partial charge in [-0.1, -0.05) is 0 Å². The fourth-order valence-corrected chi connectivity index (χ4v) is 1.82. The van der Waals surface area contributed by atoms with Crippen molar-refractivity contribution in [2.75, 3.05) is 6.54 Å². The third kappa shape index (κ3) is 2.32. The molecular weight excluding hydrogens is 172 g/mol. The summed E-state index contributed by atoms with van der Waals surface area (Å²) in [6, 6.07) is 3.69. The van der Waals surface area contributed by atoms with Gasteiger partial charge in [0.15, 0.2) is 0 Å². The van der Waals surface area contributed by atoms with Crippen LogP contribution in [0, 0.1) is 0 Å². The molecule has 0 aliphatic carbocycles. The van der Waals surface area contributed by atoms with Crippen LogP contribution >= 0.6 is 11.3 Å². The average molecular weight is 184 g/mol. The molecule has 0 fully saturated rings. The summed E-state index contributed by atoms with van der Waals surface area (Å²) >= 11 is 1.45. The zero-order valence-electron chi connectivity index (χ0n) is 6.75. The third-order valence-electron chi connectivity index (χ3n) is 1.53. The summed E-state index contributed by atoms with van der Waals surface area (Å²) in [6.45, 7) is 0.684. The fourth-order valence-electron chi connectivity index (χ4n) is 0.921. The highest BCUT2D eigenvalue weighted by molar-refractivity contribution is 7.14. The zero-order chi connectivity index (χ0) is 8.97. The summed E-state index contributed by atoms with van der Waals surface area (Å²) in [6.07, 6.45) is 1.90. The van der Waals surface area contributed by atoms with Crippen molar-refractivity contribution in [3.05, 3.63) is 21.9 Å². The molecule has 3 nitrogen and oxygen atoms in total. The van der Waals surface area contributed by atoms with Crippen LogP contribution in [0.3, 0.4) is 0 Å². The Bertz CT molecular complexity index is 270. The maximum Gasteiger partial charge on any atom is 0.258 e. The van der Waals surface area contributed by atoms with Crippen molar-refractivity contribution < 1.29 is 4.79 Å². The molecular formula is C8H12N2OS. The minimum Gasteiger partial charge on any atom is -0.365 e. The molecule has 0 saturated carbocycles. The Labute approximate surface area is 75.4 Å². The Hall–Kier alpha value is -0.870. The van der Waals surface area contributed by atoms with Crippen molar-refractivity contribution in [3.63, 3.8) is 0 Å². The summed E-state index contributed by atoms with van der Waals surface area (Å²) < 4.78 is 0. The number of primary amides is 1. The van der Waals surface area contributed by atoms with Gasteiger partial charge in [-0.25, -0.2) is 0 Å². The van der Waals surface area contributed by atoms with E-state index < -0.39 is 0 Å². The molecule has 1 aromatic heterocycles. The molecule has 4 heteroatoms. The van der Waals surface area contributed by atoms with Crippen LogP contribution in [-0.2, 0) is 6.42 Å². The second-order valence-corrected chi connectivity index (χ2v) is 3.69. The van der Waals surface area contributed by atoms with Gasteiger partial charge in [0.25, 0.3) is 5.91 Å². The second-order valence-electron chi connectivity index (χ2n) is 2.52. The van der Waals surface area contributed by atoms with Gasteiger partial charge < -0.3 is 11.5 Å². The minimum absolute atomic E-state index is 0.348. The van der Waals surface area contributed by atoms with Crippen LogP contribution in [0.1, 0.15) is 21.0 Å². The third-order valence-corrected chi connectivity index (χ3v) is 2.69. The van der Waals surface area contributed by atoms with Gasteiger partial charge in [-0.05, 0) is 31.5 Å². The fraction of sp³-hybridized carbons (Fsp3) is 0.375. The molecule has 0 aromatic carbocycles. The molecule has 1 rings (SSSR count). The van der Waals surface area contributed by atoms with Crippen LogP contribution in [0.4, 0.5) is 0 Å². The van der Waals surface area contributed by atoms with E-state index in [9.17, 15) is 4.79 Å². The van der Waals surface area contributed by atoms with Crippen LogP contribution in [0.5, 0.6) is 0 Å². The number of carbonyl (C=O) groups excluding carboxylic acids is 1. The van der Waals surface area contributed by atoms with Crippen LogP contribution in [-0.4, -0.2) is 12.5 Å². The van der Waals surface area contributed by atoms with Gasteiger partial charge in [0.2, 0.25) is 0 Å². The first kappa shape index (κ1) is 9.22. The lowest BCUT2D eigenvalue weighted by molar-refractivity contribution is 0.100. The first-order valence-corrected chi connectivity index (χ1v) is 4.64. The molecule has 0 aliphatic rings. The lowest BCUT2D eigenvalue weighted by atomic mass is 10.3. The topological polar surface area (TPSA) is 69.1 Å². The molecule has 12 heavy (non-hydrogen) atoms. The molecule has 0 aliphatic heterocycles. The van der Waals surface area contributed by atoms with E-state index in [-0.39, 0.29) is 5.91 Å². The van der Waals surface area contributed by atoms with Gasteiger partial charge in [0, 0.05) is 4.88 Å². The molecule has 0 radical (unpaired) electrons. The van der Waals surface area contributed by atoms with E-state index in [1.165, 1.54) is 16.2 Å². The van der Waals surface area contributed by atoms with Gasteiger partial charge in [0.05, 0.1) is 4.88 Å². The predicted octanol–water partition coefficient (Wildman–Crippen LogP) is 0.738. The largest absolute Gasteiger partial charge is 0.365 e. The first-order valence-electron chi connectivity index (χ1n) is 3.82. The van der Waals surface area contributed by atoms with E-state index in [0.717, 1.165) is 12.8 Å². The predicted molar refractivity (Wildman–Crippen MR) is 50.2 cm³/mol. The number of rotatable bonds is 4. The van der Waals surface area contributed by atoms with Crippen molar-refractivity contribution >= 4 is 17.2 Å². The van der Waals surface area contributed by atoms with E-state index >= 15 is 0 Å². The van der Waals surface area contributed by atoms with Crippen LogP contribution in [0.15, 0.2) is 12.1 Å². The SMILES string of the molecule is NCCCc1ccc(C(N)=O)s1. The minimum atomic E-state index is -0.348. The lowest BCUT2D eigenvalue weighted by Gasteiger charge is -1.91. The molecule has 0 unspecified atom stereocenters. The van der Waals surface area contributed by atoms with Crippen molar-refractivity contribution in [1.82, 2.24) is 0 Å². The molecule has 0 bridgehead atoms.